The lowest BCUT2D eigenvalue weighted by molar-refractivity contribution is -0.118. The van der Waals surface area contributed by atoms with E-state index in [1.807, 2.05) is 19.4 Å². The minimum Gasteiger partial charge on any atom is -0.352 e. The van der Waals surface area contributed by atoms with E-state index in [9.17, 15) is 4.79 Å². The molecule has 2 atom stereocenters. The van der Waals surface area contributed by atoms with Gasteiger partial charge in [-0.1, -0.05) is 0 Å². The van der Waals surface area contributed by atoms with Gasteiger partial charge in [-0.05, 0) is 12.0 Å². The normalized spacial score (nSPS) is 24.7. The highest BCUT2D eigenvalue weighted by atomic mass is 35.5. The summed E-state index contributed by atoms with van der Waals surface area (Å²) in [6.07, 6.45) is 4.82. The third kappa shape index (κ3) is 1.90. The van der Waals surface area contributed by atoms with Gasteiger partial charge in [0.1, 0.15) is 5.88 Å². The number of rotatable bonds is 3. The summed E-state index contributed by atoms with van der Waals surface area (Å²) in [6, 6.07) is 0.255. The Bertz CT molecular complexity index is 350. The Kier molecular flexibility index (Phi) is 2.46. The monoisotopic (exact) mass is 213 g/mol. The second-order valence-electron chi connectivity index (χ2n) is 3.60. The van der Waals surface area contributed by atoms with Crippen LogP contribution in [0.2, 0.25) is 0 Å². The molecule has 0 aliphatic heterocycles. The van der Waals surface area contributed by atoms with Gasteiger partial charge >= 0.3 is 0 Å². The van der Waals surface area contributed by atoms with E-state index >= 15 is 0 Å². The molecule has 1 fully saturated rings. The van der Waals surface area contributed by atoms with Crippen molar-refractivity contribution >= 4 is 17.5 Å². The first-order chi connectivity index (χ1) is 6.70. The Morgan fingerprint density at radius 2 is 2.64 bits per heavy atom. The molecule has 1 aromatic rings. The van der Waals surface area contributed by atoms with E-state index in [0.717, 1.165) is 6.42 Å². The second kappa shape index (κ2) is 3.61. The minimum atomic E-state index is -0.0944. The fraction of sp³-hybridized carbons (Fsp3) is 0.556. The maximum atomic E-state index is 11.0. The largest absolute Gasteiger partial charge is 0.352 e. The third-order valence-electron chi connectivity index (χ3n) is 2.41. The zero-order valence-electron chi connectivity index (χ0n) is 7.90. The topological polar surface area (TPSA) is 46.9 Å². The van der Waals surface area contributed by atoms with E-state index in [1.165, 1.54) is 5.56 Å². The molecule has 1 aromatic heterocycles. The summed E-state index contributed by atoms with van der Waals surface area (Å²) in [5.41, 5.74) is 1.19. The molecule has 1 saturated carbocycles. The lowest BCUT2D eigenvalue weighted by Crippen LogP contribution is -2.27. The summed E-state index contributed by atoms with van der Waals surface area (Å²) in [5, 5.41) is 6.94. The number of aromatic nitrogens is 2. The first kappa shape index (κ1) is 9.52. The molecule has 1 aliphatic rings. The van der Waals surface area contributed by atoms with E-state index in [0.29, 0.717) is 5.92 Å². The molecule has 0 radical (unpaired) electrons. The zero-order chi connectivity index (χ0) is 10.1. The molecule has 1 N–H and O–H groups in total. The first-order valence-corrected chi connectivity index (χ1v) is 5.08. The summed E-state index contributed by atoms with van der Waals surface area (Å²) in [7, 11) is 1.89. The van der Waals surface area contributed by atoms with Crippen LogP contribution in [-0.4, -0.2) is 27.6 Å². The Morgan fingerprint density at radius 3 is 3.21 bits per heavy atom. The summed E-state index contributed by atoms with van der Waals surface area (Å²) in [5.74, 6) is 0.370. The van der Waals surface area contributed by atoms with Crippen molar-refractivity contribution in [3.05, 3.63) is 18.0 Å². The van der Waals surface area contributed by atoms with Crippen LogP contribution in [0.15, 0.2) is 12.4 Å². The predicted octanol–water partition coefficient (Wildman–Crippen LogP) is 0.631. The van der Waals surface area contributed by atoms with Gasteiger partial charge in [0.25, 0.3) is 0 Å². The van der Waals surface area contributed by atoms with E-state index in [4.69, 9.17) is 11.6 Å². The van der Waals surface area contributed by atoms with Crippen LogP contribution >= 0.6 is 11.6 Å². The molecule has 1 aliphatic carbocycles. The van der Waals surface area contributed by atoms with Crippen molar-refractivity contribution in [1.29, 1.82) is 0 Å². The molecule has 4 nitrogen and oxygen atoms in total. The Labute approximate surface area is 87.2 Å². The number of nitrogens with zero attached hydrogens (tertiary/aromatic N) is 2. The number of halogens is 1. The van der Waals surface area contributed by atoms with Crippen molar-refractivity contribution in [2.45, 2.75) is 18.4 Å². The number of amides is 1. The van der Waals surface area contributed by atoms with Crippen LogP contribution in [0.25, 0.3) is 0 Å². The van der Waals surface area contributed by atoms with Crippen LogP contribution in [0, 0.1) is 0 Å². The number of hydrogen-bond donors (Lipinski definition) is 1. The molecule has 1 heterocycles. The molecule has 0 unspecified atom stereocenters. The maximum Gasteiger partial charge on any atom is 0.235 e. The molecule has 0 aromatic carbocycles. The van der Waals surface area contributed by atoms with Gasteiger partial charge < -0.3 is 5.32 Å². The first-order valence-electron chi connectivity index (χ1n) is 4.54. The Balaban J connectivity index is 1.90. The van der Waals surface area contributed by atoms with Crippen LogP contribution < -0.4 is 5.32 Å². The van der Waals surface area contributed by atoms with E-state index < -0.39 is 0 Å². The Hall–Kier alpha value is -1.03. The fourth-order valence-electron chi connectivity index (χ4n) is 1.60. The van der Waals surface area contributed by atoms with Crippen LogP contribution in [0.3, 0.4) is 0 Å². The standard InChI is InChI=1S/C9H12ClN3O/c1-13-5-6(4-11-13)7-2-8(7)12-9(14)3-10/h4-5,7-8H,2-3H2,1H3,(H,12,14)/t7-,8+/m0/s1. The summed E-state index contributed by atoms with van der Waals surface area (Å²) < 4.78 is 1.77. The van der Waals surface area contributed by atoms with Gasteiger partial charge in [-0.25, -0.2) is 0 Å². The molecule has 1 amide bonds. The van der Waals surface area contributed by atoms with Crippen molar-refractivity contribution in [3.63, 3.8) is 0 Å². The van der Waals surface area contributed by atoms with E-state index in [-0.39, 0.29) is 17.8 Å². The van der Waals surface area contributed by atoms with Gasteiger partial charge in [0, 0.05) is 25.2 Å². The highest BCUT2D eigenvalue weighted by molar-refractivity contribution is 6.27. The average Bonchev–Trinajstić information content (AvgIpc) is 2.79. The molecular formula is C9H12ClN3O. The summed E-state index contributed by atoms with van der Waals surface area (Å²) in [4.78, 5) is 11.0. The third-order valence-corrected chi connectivity index (χ3v) is 2.65. The number of hydrogen-bond acceptors (Lipinski definition) is 2. The maximum absolute atomic E-state index is 11.0. The smallest absolute Gasteiger partial charge is 0.235 e. The molecule has 0 bridgehead atoms. The van der Waals surface area contributed by atoms with Crippen molar-refractivity contribution < 1.29 is 4.79 Å². The van der Waals surface area contributed by atoms with E-state index in [1.54, 1.807) is 4.68 Å². The Morgan fingerprint density at radius 1 is 1.86 bits per heavy atom. The molecule has 14 heavy (non-hydrogen) atoms. The zero-order valence-corrected chi connectivity index (χ0v) is 8.66. The van der Waals surface area contributed by atoms with Crippen LogP contribution in [-0.2, 0) is 11.8 Å². The van der Waals surface area contributed by atoms with Gasteiger partial charge in [-0.3, -0.25) is 9.48 Å². The van der Waals surface area contributed by atoms with Crippen molar-refractivity contribution in [3.8, 4) is 0 Å². The highest BCUT2D eigenvalue weighted by Gasteiger charge is 2.39. The van der Waals surface area contributed by atoms with Crippen LogP contribution in [0.4, 0.5) is 0 Å². The second-order valence-corrected chi connectivity index (χ2v) is 3.86. The summed E-state index contributed by atoms with van der Waals surface area (Å²) >= 11 is 5.39. The van der Waals surface area contributed by atoms with Gasteiger partial charge in [-0.15, -0.1) is 11.6 Å². The minimum absolute atomic E-state index is 0.0380. The molecule has 5 heteroatoms. The van der Waals surface area contributed by atoms with Crippen LogP contribution in [0.1, 0.15) is 17.9 Å². The lowest BCUT2D eigenvalue weighted by Gasteiger charge is -1.99. The van der Waals surface area contributed by atoms with Crippen molar-refractivity contribution in [2.24, 2.45) is 7.05 Å². The van der Waals surface area contributed by atoms with Crippen molar-refractivity contribution in [2.75, 3.05) is 5.88 Å². The SMILES string of the molecule is Cn1cc([C@@H]2C[C@H]2NC(=O)CCl)cn1. The molecule has 0 spiro atoms. The fourth-order valence-corrected chi connectivity index (χ4v) is 1.68. The average molecular weight is 214 g/mol. The number of carbonyl (C=O) groups is 1. The number of carbonyl (C=O) groups excluding carboxylic acids is 1. The predicted molar refractivity (Wildman–Crippen MR) is 53.2 cm³/mol. The molecule has 0 saturated heterocycles. The number of nitrogens with one attached hydrogen (secondary N) is 1. The molecular weight excluding hydrogens is 202 g/mol. The lowest BCUT2D eigenvalue weighted by atomic mass is 10.2. The van der Waals surface area contributed by atoms with Gasteiger partial charge in [0.2, 0.25) is 5.91 Å². The molecule has 76 valence electrons. The molecule has 2 rings (SSSR count). The number of aryl methyl sites for hydroxylation is 1. The van der Waals surface area contributed by atoms with Gasteiger partial charge in [0.15, 0.2) is 0 Å². The highest BCUT2D eigenvalue weighted by Crippen LogP contribution is 2.40. The quantitative estimate of drug-likeness (QED) is 0.749. The number of alkyl halides is 1. The van der Waals surface area contributed by atoms with Crippen molar-refractivity contribution in [1.82, 2.24) is 15.1 Å². The summed E-state index contributed by atoms with van der Waals surface area (Å²) in [6.45, 7) is 0. The van der Waals surface area contributed by atoms with Gasteiger partial charge in [-0.2, -0.15) is 5.10 Å². The van der Waals surface area contributed by atoms with Gasteiger partial charge in [0.05, 0.1) is 6.20 Å². The van der Waals surface area contributed by atoms with Crippen LogP contribution in [0.5, 0.6) is 0 Å². The van der Waals surface area contributed by atoms with E-state index in [2.05, 4.69) is 10.4 Å².